The van der Waals surface area contributed by atoms with Crippen LogP contribution in [-0.4, -0.2) is 0 Å². The molecule has 0 spiro atoms. The van der Waals surface area contributed by atoms with Crippen LogP contribution in [0.15, 0.2) is 267 Å². The lowest BCUT2D eigenvalue weighted by Crippen LogP contribution is -1.92. The summed E-state index contributed by atoms with van der Waals surface area (Å²) in [6, 6.07) is 98.8. The average Bonchev–Trinajstić information content (AvgIpc) is 3.43. The van der Waals surface area contributed by atoms with E-state index >= 15 is 0 Å². The van der Waals surface area contributed by atoms with Crippen molar-refractivity contribution in [1.29, 1.82) is 0 Å². The van der Waals surface area contributed by atoms with Gasteiger partial charge < -0.3 is 0 Å². The van der Waals surface area contributed by atoms with Gasteiger partial charge in [0, 0.05) is 0 Å². The number of benzene rings is 14. The Morgan fingerprint density at radius 3 is 0.986 bits per heavy atom. The summed E-state index contributed by atoms with van der Waals surface area (Å²) < 4.78 is 0. The van der Waals surface area contributed by atoms with Gasteiger partial charge in [-0.2, -0.15) is 0 Å². The van der Waals surface area contributed by atoms with Crippen LogP contribution in [0.4, 0.5) is 0 Å². The highest BCUT2D eigenvalue weighted by Gasteiger charge is 2.20. The molecule has 14 aromatic rings. The Labute approximate surface area is 407 Å². The Hall–Kier alpha value is -9.10. The molecular formula is C70H44. The van der Waals surface area contributed by atoms with Crippen LogP contribution >= 0.6 is 0 Å². The second-order valence-electron chi connectivity index (χ2n) is 18.6. The van der Waals surface area contributed by atoms with Gasteiger partial charge in [-0.05, 0) is 160 Å². The van der Waals surface area contributed by atoms with E-state index in [0.29, 0.717) is 0 Å². The maximum Gasteiger partial charge on any atom is -0.00201 e. The molecule has 0 radical (unpaired) electrons. The molecule has 14 rings (SSSR count). The third kappa shape index (κ3) is 6.38. The lowest BCUT2D eigenvalue weighted by Gasteiger charge is -2.20. The third-order valence-electron chi connectivity index (χ3n) is 14.8. The molecule has 0 saturated carbocycles. The van der Waals surface area contributed by atoms with Crippen LogP contribution < -0.4 is 0 Å². The highest BCUT2D eigenvalue weighted by Crippen LogP contribution is 2.48. The molecule has 0 atom stereocenters. The monoisotopic (exact) mass is 884 g/mol. The van der Waals surface area contributed by atoms with E-state index in [9.17, 15) is 0 Å². The van der Waals surface area contributed by atoms with E-state index < -0.39 is 0 Å². The van der Waals surface area contributed by atoms with Gasteiger partial charge in [-0.3, -0.25) is 0 Å². The summed E-state index contributed by atoms with van der Waals surface area (Å²) in [6.07, 6.45) is 0. The maximum atomic E-state index is 2.39. The number of rotatable bonds is 6. The van der Waals surface area contributed by atoms with Gasteiger partial charge in [0.1, 0.15) is 0 Å². The van der Waals surface area contributed by atoms with Gasteiger partial charge in [-0.15, -0.1) is 0 Å². The fourth-order valence-electron chi connectivity index (χ4n) is 11.7. The third-order valence-corrected chi connectivity index (χ3v) is 14.8. The summed E-state index contributed by atoms with van der Waals surface area (Å²) in [7, 11) is 0. The summed E-state index contributed by atoms with van der Waals surface area (Å²) in [5.41, 5.74) is 14.9. The van der Waals surface area contributed by atoms with Crippen LogP contribution in [0.5, 0.6) is 0 Å². The molecule has 0 heteroatoms. The summed E-state index contributed by atoms with van der Waals surface area (Å²) in [4.78, 5) is 0. The molecule has 0 aromatic heterocycles. The highest BCUT2D eigenvalue weighted by atomic mass is 14.2. The molecule has 70 heavy (non-hydrogen) atoms. The summed E-state index contributed by atoms with van der Waals surface area (Å²) >= 11 is 0. The minimum Gasteiger partial charge on any atom is -0.0622 e. The van der Waals surface area contributed by atoms with Crippen molar-refractivity contribution in [1.82, 2.24) is 0 Å². The lowest BCUT2D eigenvalue weighted by atomic mass is 9.83. The van der Waals surface area contributed by atoms with Crippen molar-refractivity contribution in [3.05, 3.63) is 267 Å². The average molecular weight is 885 g/mol. The molecule has 0 aliphatic carbocycles. The Bertz CT molecular complexity index is 4280. The molecule has 0 saturated heterocycles. The molecule has 0 fully saturated rings. The first-order chi connectivity index (χ1) is 34.7. The maximum absolute atomic E-state index is 2.39. The molecule has 0 aliphatic heterocycles. The van der Waals surface area contributed by atoms with Gasteiger partial charge in [-0.25, -0.2) is 0 Å². The molecule has 0 nitrogen and oxygen atoms in total. The number of hydrogen-bond donors (Lipinski definition) is 0. The van der Waals surface area contributed by atoms with Crippen LogP contribution in [0, 0.1) is 0 Å². The highest BCUT2D eigenvalue weighted by molar-refractivity contribution is 6.26. The van der Waals surface area contributed by atoms with Crippen molar-refractivity contribution in [2.45, 2.75) is 0 Å². The normalized spacial score (nSPS) is 11.7. The smallest absolute Gasteiger partial charge is 0.00201 e. The molecule has 0 N–H and O–H groups in total. The van der Waals surface area contributed by atoms with E-state index in [4.69, 9.17) is 0 Å². The van der Waals surface area contributed by atoms with Crippen molar-refractivity contribution >= 4 is 75.4 Å². The zero-order chi connectivity index (χ0) is 46.1. The van der Waals surface area contributed by atoms with Gasteiger partial charge in [0.25, 0.3) is 0 Å². The molecular weight excluding hydrogens is 841 g/mol. The van der Waals surface area contributed by atoms with Crippen molar-refractivity contribution in [2.75, 3.05) is 0 Å². The van der Waals surface area contributed by atoms with E-state index in [0.717, 1.165) is 0 Å². The predicted molar refractivity (Wildman–Crippen MR) is 302 cm³/mol. The first-order valence-corrected chi connectivity index (χ1v) is 24.3. The largest absolute Gasteiger partial charge is 0.0622 e. The van der Waals surface area contributed by atoms with Crippen LogP contribution in [-0.2, 0) is 0 Å². The second-order valence-corrected chi connectivity index (χ2v) is 18.6. The van der Waals surface area contributed by atoms with Gasteiger partial charge in [-0.1, -0.05) is 249 Å². The first kappa shape index (κ1) is 40.0. The lowest BCUT2D eigenvalue weighted by molar-refractivity contribution is 1.62. The van der Waals surface area contributed by atoms with Gasteiger partial charge in [0.2, 0.25) is 0 Å². The zero-order valence-electron chi connectivity index (χ0n) is 38.4. The molecule has 324 valence electrons. The van der Waals surface area contributed by atoms with Gasteiger partial charge >= 0.3 is 0 Å². The van der Waals surface area contributed by atoms with E-state index in [-0.39, 0.29) is 0 Å². The van der Waals surface area contributed by atoms with Crippen molar-refractivity contribution < 1.29 is 0 Å². The second kappa shape index (κ2) is 16.3. The molecule has 0 unspecified atom stereocenters. The zero-order valence-corrected chi connectivity index (χ0v) is 38.4. The predicted octanol–water partition coefficient (Wildman–Crippen LogP) is 19.8. The van der Waals surface area contributed by atoms with Crippen LogP contribution in [0.2, 0.25) is 0 Å². The van der Waals surface area contributed by atoms with Crippen molar-refractivity contribution in [2.24, 2.45) is 0 Å². The first-order valence-electron chi connectivity index (χ1n) is 24.3. The SMILES string of the molecule is c1ccc(-c2c3ccccc3c(-c3cccc(-c4cccc5cc(-c6ccc7c(-c8c9ccccc9c(-c9cccc%10ccccc9%10)c9ccccc89)cccc7c6)ccc45)c3)c3ccccc23)cc1. The minimum absolute atomic E-state index is 1.21. The molecule has 0 bridgehead atoms. The summed E-state index contributed by atoms with van der Waals surface area (Å²) in [5.74, 6) is 0. The number of hydrogen-bond acceptors (Lipinski definition) is 0. The standard InChI is InChI=1S/C70H44/c1-2-19-46(20-3-1)67-59-27-6-8-29-61(59)68(62-30-9-7-28-60(62)67)52-25-14-22-51(44-52)54-35-16-23-49-42-47(38-40-55(49)54)48-39-41-56-50(43-48)24-17-37-58(56)70-65-33-12-10-31-63(65)69(64-32-11-13-34-66(64)70)57-36-15-21-45-18-4-5-26-53(45)57/h1-44H. The number of fused-ring (bicyclic) bond motifs is 7. The van der Waals surface area contributed by atoms with Crippen LogP contribution in [0.25, 0.3) is 142 Å². The molecule has 14 aromatic carbocycles. The summed E-state index contributed by atoms with van der Waals surface area (Å²) in [5, 5.41) is 17.6. The Balaban J connectivity index is 0.866. The Kier molecular flexibility index (Phi) is 9.32. The Morgan fingerprint density at radius 2 is 0.471 bits per heavy atom. The van der Waals surface area contributed by atoms with E-state index in [2.05, 4.69) is 267 Å². The molecule has 0 heterocycles. The molecule has 0 amide bonds. The quantitative estimate of drug-likeness (QED) is 0.146. The Morgan fingerprint density at radius 1 is 0.143 bits per heavy atom. The molecule has 0 aliphatic rings. The summed E-state index contributed by atoms with van der Waals surface area (Å²) in [6.45, 7) is 0. The minimum atomic E-state index is 1.21. The van der Waals surface area contributed by atoms with Crippen LogP contribution in [0.3, 0.4) is 0 Å². The van der Waals surface area contributed by atoms with E-state index in [1.807, 2.05) is 0 Å². The fourth-order valence-corrected chi connectivity index (χ4v) is 11.7. The van der Waals surface area contributed by atoms with Crippen molar-refractivity contribution in [3.63, 3.8) is 0 Å². The van der Waals surface area contributed by atoms with Crippen LogP contribution in [0.1, 0.15) is 0 Å². The van der Waals surface area contributed by atoms with Gasteiger partial charge in [0.15, 0.2) is 0 Å². The fraction of sp³-hybridized carbons (Fsp3) is 0. The van der Waals surface area contributed by atoms with E-state index in [1.165, 1.54) is 142 Å². The van der Waals surface area contributed by atoms with Crippen molar-refractivity contribution in [3.8, 4) is 66.8 Å². The topological polar surface area (TPSA) is 0 Å². The van der Waals surface area contributed by atoms with Gasteiger partial charge in [0.05, 0.1) is 0 Å². The van der Waals surface area contributed by atoms with E-state index in [1.54, 1.807) is 0 Å².